The van der Waals surface area contributed by atoms with Gasteiger partial charge in [-0.25, -0.2) is 8.42 Å². The number of halogens is 1. The summed E-state index contributed by atoms with van der Waals surface area (Å²) in [4.78, 5) is 2.24. The highest BCUT2D eigenvalue weighted by Crippen LogP contribution is 2.35. The molecule has 2 heterocycles. The molecule has 0 radical (unpaired) electrons. The molecule has 0 bridgehead atoms. The molecule has 2 aliphatic rings. The third-order valence-electron chi connectivity index (χ3n) is 3.59. The van der Waals surface area contributed by atoms with Crippen molar-refractivity contribution in [3.63, 3.8) is 0 Å². The topological polar surface area (TPSA) is 49.4 Å². The number of nitrogens with zero attached hydrogens (tertiary/aromatic N) is 1. The Kier molecular flexibility index (Phi) is 3.02. The van der Waals surface area contributed by atoms with E-state index in [4.69, 9.17) is 0 Å². The first-order valence-electron chi connectivity index (χ1n) is 6.06. The van der Waals surface area contributed by atoms with Gasteiger partial charge < -0.3 is 10.2 Å². The molecule has 3 rings (SSSR count). The van der Waals surface area contributed by atoms with Gasteiger partial charge >= 0.3 is 0 Å². The first-order chi connectivity index (χ1) is 8.55. The molecule has 4 nitrogen and oxygen atoms in total. The average Bonchev–Trinajstić information content (AvgIpc) is 2.69. The van der Waals surface area contributed by atoms with Crippen LogP contribution in [0.2, 0.25) is 0 Å². The van der Waals surface area contributed by atoms with E-state index >= 15 is 0 Å². The van der Waals surface area contributed by atoms with Gasteiger partial charge in [0.25, 0.3) is 0 Å². The lowest BCUT2D eigenvalue weighted by molar-refractivity contribution is 0.599. The fourth-order valence-corrected chi connectivity index (χ4v) is 4.80. The predicted octanol–water partition coefficient (Wildman–Crippen LogP) is 1.87. The maximum atomic E-state index is 11.6. The van der Waals surface area contributed by atoms with Gasteiger partial charge in [-0.05, 0) is 24.6 Å². The van der Waals surface area contributed by atoms with Crippen LogP contribution in [0, 0.1) is 0 Å². The molecule has 1 aromatic rings. The van der Waals surface area contributed by atoms with E-state index in [1.807, 2.05) is 12.1 Å². The average molecular weight is 331 g/mol. The molecule has 6 heteroatoms. The van der Waals surface area contributed by atoms with Crippen LogP contribution in [0.4, 0.5) is 11.4 Å². The molecule has 2 aliphatic heterocycles. The van der Waals surface area contributed by atoms with Crippen molar-refractivity contribution >= 4 is 37.1 Å². The van der Waals surface area contributed by atoms with Gasteiger partial charge in [-0.1, -0.05) is 15.9 Å². The number of sulfone groups is 1. The van der Waals surface area contributed by atoms with E-state index in [1.165, 1.54) is 0 Å². The second-order valence-electron chi connectivity index (χ2n) is 4.84. The van der Waals surface area contributed by atoms with Crippen molar-refractivity contribution in [1.82, 2.24) is 0 Å². The molecule has 1 N–H and O–H groups in total. The fraction of sp³-hybridized carbons (Fsp3) is 0.500. The van der Waals surface area contributed by atoms with Crippen molar-refractivity contribution in [3.05, 3.63) is 22.7 Å². The summed E-state index contributed by atoms with van der Waals surface area (Å²) < 4.78 is 24.2. The van der Waals surface area contributed by atoms with Crippen LogP contribution in [-0.2, 0) is 9.84 Å². The molecule has 98 valence electrons. The number of anilines is 2. The molecule has 0 spiro atoms. The quantitative estimate of drug-likeness (QED) is 0.854. The Bertz CT molecular complexity index is 573. The Balaban J connectivity index is 1.94. The summed E-state index contributed by atoms with van der Waals surface area (Å²) in [7, 11) is -2.83. The Labute approximate surface area is 115 Å². The summed E-state index contributed by atoms with van der Waals surface area (Å²) in [6.07, 6.45) is 0.744. The van der Waals surface area contributed by atoms with E-state index in [0.717, 1.165) is 35.4 Å². The number of fused-ring (bicyclic) bond motifs is 1. The lowest BCUT2D eigenvalue weighted by Crippen LogP contribution is -2.42. The highest BCUT2D eigenvalue weighted by atomic mass is 79.9. The number of benzene rings is 1. The zero-order valence-electron chi connectivity index (χ0n) is 9.89. The van der Waals surface area contributed by atoms with Crippen molar-refractivity contribution in [2.24, 2.45) is 0 Å². The summed E-state index contributed by atoms with van der Waals surface area (Å²) in [5.74, 6) is 0.615. The van der Waals surface area contributed by atoms with Crippen LogP contribution in [0.5, 0.6) is 0 Å². The predicted molar refractivity (Wildman–Crippen MR) is 77.0 cm³/mol. The van der Waals surface area contributed by atoms with Crippen LogP contribution in [0.25, 0.3) is 0 Å². The van der Waals surface area contributed by atoms with E-state index in [0.29, 0.717) is 11.5 Å². The number of rotatable bonds is 1. The van der Waals surface area contributed by atoms with Crippen molar-refractivity contribution in [2.45, 2.75) is 12.5 Å². The summed E-state index contributed by atoms with van der Waals surface area (Å²) in [5, 5.41) is 3.35. The van der Waals surface area contributed by atoms with E-state index in [2.05, 4.69) is 32.2 Å². The second kappa shape index (κ2) is 4.42. The molecule has 1 fully saturated rings. The molecule has 0 aliphatic carbocycles. The minimum atomic E-state index is -2.83. The van der Waals surface area contributed by atoms with Crippen LogP contribution in [-0.4, -0.2) is 39.1 Å². The van der Waals surface area contributed by atoms with Crippen molar-refractivity contribution in [1.29, 1.82) is 0 Å². The van der Waals surface area contributed by atoms with Gasteiger partial charge in [-0.2, -0.15) is 0 Å². The van der Waals surface area contributed by atoms with Crippen LogP contribution in [0.3, 0.4) is 0 Å². The largest absolute Gasteiger partial charge is 0.382 e. The Morgan fingerprint density at radius 2 is 2.22 bits per heavy atom. The first kappa shape index (κ1) is 12.3. The van der Waals surface area contributed by atoms with Gasteiger partial charge in [0.05, 0.1) is 22.9 Å². The highest BCUT2D eigenvalue weighted by molar-refractivity contribution is 9.10. The third-order valence-corrected chi connectivity index (χ3v) is 5.83. The van der Waals surface area contributed by atoms with Gasteiger partial charge in [0.2, 0.25) is 0 Å². The zero-order valence-corrected chi connectivity index (χ0v) is 12.3. The van der Waals surface area contributed by atoms with Crippen LogP contribution >= 0.6 is 15.9 Å². The lowest BCUT2D eigenvalue weighted by Gasteiger charge is -2.36. The van der Waals surface area contributed by atoms with E-state index in [9.17, 15) is 8.42 Å². The molecule has 1 saturated heterocycles. The maximum absolute atomic E-state index is 11.6. The van der Waals surface area contributed by atoms with Gasteiger partial charge in [-0.15, -0.1) is 0 Å². The lowest BCUT2D eigenvalue weighted by atomic mass is 10.1. The standard InChI is InChI=1S/C12H15BrN2O2S/c13-9-1-2-11-12(7-9)15(5-4-14-11)10-3-6-18(16,17)8-10/h1-2,7,10,14H,3-6,8H2. The zero-order chi connectivity index (χ0) is 12.8. The Morgan fingerprint density at radius 3 is 2.94 bits per heavy atom. The minimum Gasteiger partial charge on any atom is -0.382 e. The SMILES string of the molecule is O=S1(=O)CCC(N2CCNc3ccc(Br)cc32)C1. The monoisotopic (exact) mass is 330 g/mol. The summed E-state index contributed by atoms with van der Waals surface area (Å²) in [6, 6.07) is 6.23. The Morgan fingerprint density at radius 1 is 1.39 bits per heavy atom. The molecule has 0 saturated carbocycles. The summed E-state index contributed by atoms with van der Waals surface area (Å²) in [5.41, 5.74) is 2.20. The van der Waals surface area contributed by atoms with Gasteiger partial charge in [0.1, 0.15) is 0 Å². The molecule has 0 amide bonds. The number of hydrogen-bond acceptors (Lipinski definition) is 4. The molecule has 18 heavy (non-hydrogen) atoms. The van der Waals surface area contributed by atoms with Crippen LogP contribution in [0.1, 0.15) is 6.42 Å². The first-order valence-corrected chi connectivity index (χ1v) is 8.67. The van der Waals surface area contributed by atoms with Crippen molar-refractivity contribution < 1.29 is 8.42 Å². The minimum absolute atomic E-state index is 0.130. The summed E-state index contributed by atoms with van der Waals surface area (Å²) >= 11 is 3.48. The smallest absolute Gasteiger partial charge is 0.152 e. The van der Waals surface area contributed by atoms with Crippen molar-refractivity contribution in [2.75, 3.05) is 34.8 Å². The molecular weight excluding hydrogens is 316 g/mol. The fourth-order valence-electron chi connectivity index (χ4n) is 2.72. The number of hydrogen-bond donors (Lipinski definition) is 1. The van der Waals surface area contributed by atoms with E-state index < -0.39 is 9.84 Å². The van der Waals surface area contributed by atoms with E-state index in [1.54, 1.807) is 0 Å². The second-order valence-corrected chi connectivity index (χ2v) is 7.98. The van der Waals surface area contributed by atoms with Gasteiger partial charge in [0.15, 0.2) is 9.84 Å². The Hall–Kier alpha value is -0.750. The molecule has 1 atom stereocenters. The van der Waals surface area contributed by atoms with Gasteiger partial charge in [-0.3, -0.25) is 0 Å². The molecule has 1 aromatic carbocycles. The van der Waals surface area contributed by atoms with Crippen LogP contribution in [0.15, 0.2) is 22.7 Å². The highest BCUT2D eigenvalue weighted by Gasteiger charge is 2.34. The van der Waals surface area contributed by atoms with Gasteiger partial charge in [0, 0.05) is 23.6 Å². The third kappa shape index (κ3) is 2.23. The van der Waals surface area contributed by atoms with Crippen molar-refractivity contribution in [3.8, 4) is 0 Å². The normalized spacial score (nSPS) is 25.6. The maximum Gasteiger partial charge on any atom is 0.152 e. The molecule has 0 aromatic heterocycles. The number of nitrogens with one attached hydrogen (secondary N) is 1. The van der Waals surface area contributed by atoms with Crippen LogP contribution < -0.4 is 10.2 Å². The summed E-state index contributed by atoms with van der Waals surface area (Å²) in [6.45, 7) is 1.73. The van der Waals surface area contributed by atoms with E-state index in [-0.39, 0.29) is 6.04 Å². The molecule has 1 unspecified atom stereocenters. The molecular formula is C12H15BrN2O2S.